The molecule has 3 aromatic carbocycles. The number of alkyl halides is 7. The average molecular weight is 851 g/mol. The van der Waals surface area contributed by atoms with E-state index in [1.54, 1.807) is 7.05 Å². The van der Waals surface area contributed by atoms with Gasteiger partial charge < -0.3 is 33.7 Å². The Bertz CT molecular complexity index is 2220. The molecule has 0 aliphatic carbocycles. The predicted molar refractivity (Wildman–Crippen MR) is 196 cm³/mol. The number of fused-ring (bicyclic) bond motifs is 9. The van der Waals surface area contributed by atoms with E-state index in [1.165, 1.54) is 21.1 Å². The summed E-state index contributed by atoms with van der Waals surface area (Å²) in [7, 11) is 4.67. The van der Waals surface area contributed by atoms with Gasteiger partial charge in [-0.3, -0.25) is 14.6 Å². The monoisotopic (exact) mass is 850 g/mol. The highest BCUT2D eigenvalue weighted by Crippen LogP contribution is 2.59. The molecule has 2 bridgehead atoms. The average Bonchev–Trinajstić information content (AvgIpc) is 3.70. The Morgan fingerprint density at radius 3 is 2.30 bits per heavy atom. The smallest absolute Gasteiger partial charge is 0.460 e. The van der Waals surface area contributed by atoms with Gasteiger partial charge in [0.1, 0.15) is 11.8 Å². The largest absolute Gasteiger partial charge is 0.493 e. The van der Waals surface area contributed by atoms with Crippen LogP contribution >= 0.6 is 0 Å². The van der Waals surface area contributed by atoms with Crippen LogP contribution in [-0.2, 0) is 33.6 Å². The predicted octanol–water partition coefficient (Wildman–Crippen LogP) is 6.28. The van der Waals surface area contributed by atoms with Crippen molar-refractivity contribution in [1.29, 1.82) is 5.26 Å². The third-order valence-corrected chi connectivity index (χ3v) is 11.7. The molecule has 0 radical (unpaired) electrons. The lowest BCUT2D eigenvalue weighted by atomic mass is 9.71. The zero-order valence-corrected chi connectivity index (χ0v) is 33.1. The number of likely N-dealkylation sites (N-methyl/N-ethyl adjacent to an activating group) is 1. The van der Waals surface area contributed by atoms with Crippen LogP contribution in [0.1, 0.15) is 57.4 Å². The van der Waals surface area contributed by atoms with Gasteiger partial charge in [0.25, 0.3) is 0 Å². The number of methoxy groups -OCH3 is 2. The molecule has 1 N–H and O–H groups in total. The first-order chi connectivity index (χ1) is 28.4. The van der Waals surface area contributed by atoms with Crippen LogP contribution in [-0.4, -0.2) is 99.2 Å². The van der Waals surface area contributed by atoms with E-state index in [0.29, 0.717) is 29.9 Å². The molecule has 322 valence electrons. The van der Waals surface area contributed by atoms with Gasteiger partial charge in [-0.05, 0) is 56.8 Å². The number of rotatable bonds is 12. The standard InChI is InChI=1S/C41H41F7N4O8/c1-20-13-23-14-25-27(16-49)52-26(32(51(25)3)30(23)36(33(20)56-5)57-18-55-4)15-24-31(28(52)17-50-29(53)12-11-22-9-7-6-8-10-22)37-35(58-19-59-37)21(2)34(24)60-38(54)39(42,43)40(44,45)41(46,47)48/h6-10,13,25-28,32H,11-12,14-15,17-19H2,1-5H3,(H,50,53)/t25?,26?,27-,28-,32?/m0/s1. The van der Waals surface area contributed by atoms with E-state index >= 15 is 0 Å². The number of piperazine rings is 1. The Morgan fingerprint density at radius 2 is 1.65 bits per heavy atom. The number of carbonyl (C=O) groups excluding carboxylic acids is 2. The normalized spacial score (nSPS) is 22.2. The van der Waals surface area contributed by atoms with Gasteiger partial charge in [0.2, 0.25) is 12.7 Å². The molecule has 1 saturated heterocycles. The molecule has 0 aromatic heterocycles. The van der Waals surface area contributed by atoms with Gasteiger partial charge in [-0.2, -0.15) is 36.0 Å². The molecule has 1 fully saturated rings. The molecule has 1 amide bonds. The van der Waals surface area contributed by atoms with Gasteiger partial charge >= 0.3 is 24.0 Å². The molecule has 4 heterocycles. The van der Waals surface area contributed by atoms with Crippen LogP contribution in [0.25, 0.3) is 0 Å². The van der Waals surface area contributed by atoms with Crippen LogP contribution in [0.3, 0.4) is 0 Å². The maximum Gasteiger partial charge on any atom is 0.460 e. The molecule has 7 rings (SSSR count). The number of ether oxygens (including phenoxy) is 6. The summed E-state index contributed by atoms with van der Waals surface area (Å²) in [5.74, 6) is -16.9. The molecular formula is C41H41F7N4O8. The van der Waals surface area contributed by atoms with E-state index in [0.717, 1.165) is 16.7 Å². The second kappa shape index (κ2) is 15.9. The summed E-state index contributed by atoms with van der Waals surface area (Å²) in [6.07, 6.45) is -6.30. The first-order valence-electron chi connectivity index (χ1n) is 18.9. The van der Waals surface area contributed by atoms with Crippen LogP contribution in [0.2, 0.25) is 0 Å². The van der Waals surface area contributed by atoms with Gasteiger partial charge in [0.05, 0.1) is 25.3 Å². The second-order valence-corrected chi connectivity index (χ2v) is 15.1. The minimum Gasteiger partial charge on any atom is -0.493 e. The fourth-order valence-corrected chi connectivity index (χ4v) is 9.07. The third-order valence-electron chi connectivity index (χ3n) is 11.7. The number of nitriles is 1. The zero-order chi connectivity index (χ0) is 43.5. The van der Waals surface area contributed by atoms with Crippen LogP contribution in [0, 0.1) is 25.2 Å². The molecular weight excluding hydrogens is 809 g/mol. The Morgan fingerprint density at radius 1 is 0.950 bits per heavy atom. The number of carbonyl (C=O) groups is 2. The van der Waals surface area contributed by atoms with Crippen molar-refractivity contribution < 1.29 is 68.7 Å². The summed E-state index contributed by atoms with van der Waals surface area (Å²) in [6.45, 7) is 2.22. The minimum atomic E-state index is -6.81. The van der Waals surface area contributed by atoms with Crippen molar-refractivity contribution in [3.05, 3.63) is 75.3 Å². The number of benzene rings is 3. The molecule has 60 heavy (non-hydrogen) atoms. The van der Waals surface area contributed by atoms with Crippen LogP contribution in [0.5, 0.6) is 28.7 Å². The Kier molecular flexibility index (Phi) is 11.4. The summed E-state index contributed by atoms with van der Waals surface area (Å²) in [5.41, 5.74) is 2.89. The fraction of sp³-hybridized carbons (Fsp3) is 0.488. The van der Waals surface area contributed by atoms with Gasteiger partial charge in [0, 0.05) is 54.4 Å². The van der Waals surface area contributed by atoms with Crippen molar-refractivity contribution in [1.82, 2.24) is 15.1 Å². The maximum absolute atomic E-state index is 15.0. The quantitative estimate of drug-likeness (QED) is 0.0957. The maximum atomic E-state index is 15.0. The first-order valence-corrected chi connectivity index (χ1v) is 18.9. The topological polar surface area (TPSA) is 132 Å². The lowest BCUT2D eigenvalue weighted by Crippen LogP contribution is -2.68. The van der Waals surface area contributed by atoms with Crippen molar-refractivity contribution >= 4 is 11.9 Å². The molecule has 3 unspecified atom stereocenters. The Hall–Kier alpha value is -5.32. The lowest BCUT2D eigenvalue weighted by molar-refractivity contribution is -0.346. The van der Waals surface area contributed by atoms with Crippen molar-refractivity contribution in [2.75, 3.05) is 41.4 Å². The van der Waals surface area contributed by atoms with E-state index in [-0.39, 0.29) is 54.4 Å². The van der Waals surface area contributed by atoms with Gasteiger partial charge in [-0.1, -0.05) is 36.4 Å². The molecule has 0 saturated carbocycles. The highest BCUT2D eigenvalue weighted by atomic mass is 19.4. The third kappa shape index (κ3) is 6.91. The summed E-state index contributed by atoms with van der Waals surface area (Å²) < 4.78 is 132. The van der Waals surface area contributed by atoms with E-state index in [1.807, 2.05) is 53.1 Å². The number of amides is 1. The number of hydrogen-bond donors (Lipinski definition) is 1. The second-order valence-electron chi connectivity index (χ2n) is 15.1. The molecule has 4 aliphatic heterocycles. The van der Waals surface area contributed by atoms with E-state index in [4.69, 9.17) is 28.4 Å². The van der Waals surface area contributed by atoms with Gasteiger partial charge in [-0.25, -0.2) is 4.79 Å². The summed E-state index contributed by atoms with van der Waals surface area (Å²) >= 11 is 0. The summed E-state index contributed by atoms with van der Waals surface area (Å²) in [4.78, 5) is 30.3. The highest BCUT2D eigenvalue weighted by molar-refractivity contribution is 5.83. The van der Waals surface area contributed by atoms with Crippen LogP contribution < -0.4 is 29.0 Å². The van der Waals surface area contributed by atoms with Crippen LogP contribution in [0.15, 0.2) is 36.4 Å². The zero-order valence-electron chi connectivity index (χ0n) is 33.1. The molecule has 0 spiro atoms. The highest BCUT2D eigenvalue weighted by Gasteiger charge is 2.77. The Labute approximate surface area is 340 Å². The molecule has 19 heteroatoms. The van der Waals surface area contributed by atoms with E-state index in [2.05, 4.69) is 11.4 Å². The fourth-order valence-electron chi connectivity index (χ4n) is 9.07. The number of hydrogen-bond acceptors (Lipinski definition) is 11. The first kappa shape index (κ1) is 42.8. The van der Waals surface area contributed by atoms with Crippen molar-refractivity contribution in [2.45, 2.75) is 87.8 Å². The SMILES string of the molecule is COCOc1c(OC)c(C)cc2c1C1C3Cc4c(OC(=O)C(F)(F)C(F)(F)C(F)(F)F)c(C)c5c(c4[C@H](CNC(=O)CCc4ccccc4)N3[C@@H](C#N)C(C2)N1C)OCO5. The minimum absolute atomic E-state index is 0.0410. The number of esters is 1. The number of nitrogens with zero attached hydrogens (tertiary/aromatic N) is 3. The summed E-state index contributed by atoms with van der Waals surface area (Å²) in [5, 5.41) is 13.9. The molecule has 3 aromatic rings. The number of halogens is 7. The molecule has 4 aliphatic rings. The van der Waals surface area contributed by atoms with Crippen LogP contribution in [0.4, 0.5) is 30.7 Å². The van der Waals surface area contributed by atoms with Crippen molar-refractivity contribution in [2.24, 2.45) is 0 Å². The van der Waals surface area contributed by atoms with E-state index in [9.17, 15) is 45.6 Å². The van der Waals surface area contributed by atoms with Crippen molar-refractivity contribution in [3.8, 4) is 34.8 Å². The van der Waals surface area contributed by atoms with Crippen molar-refractivity contribution in [3.63, 3.8) is 0 Å². The van der Waals surface area contributed by atoms with Gasteiger partial charge in [0.15, 0.2) is 29.8 Å². The summed E-state index contributed by atoms with van der Waals surface area (Å²) in [6, 6.07) is 9.49. The van der Waals surface area contributed by atoms with Gasteiger partial charge in [-0.15, -0.1) is 0 Å². The lowest BCUT2D eigenvalue weighted by Gasteiger charge is -2.60. The number of nitrogens with one attached hydrogen (secondary N) is 1. The molecule has 12 nitrogen and oxygen atoms in total. The Balaban J connectivity index is 1.41. The number of aryl methyl sites for hydroxylation is 2. The van der Waals surface area contributed by atoms with E-state index < -0.39 is 72.6 Å². The molecule has 5 atom stereocenters.